The number of aliphatic hydroxyl groups excluding tert-OH is 1. The van der Waals surface area contributed by atoms with Crippen LogP contribution in [0.3, 0.4) is 0 Å². The minimum atomic E-state index is -4.87. The number of fused-ring (bicyclic) bond motifs is 1. The van der Waals surface area contributed by atoms with Gasteiger partial charge in [0.1, 0.15) is 17.5 Å². The zero-order valence-corrected chi connectivity index (χ0v) is 20.0. The number of rotatable bonds is 2. The Kier molecular flexibility index (Phi) is 7.42. The molecule has 4 N–H and O–H groups in total. The van der Waals surface area contributed by atoms with Crippen LogP contribution in [-0.2, 0) is 15.1 Å². The number of nitrogens with zero attached hydrogens (tertiary/aromatic N) is 2. The first-order valence-corrected chi connectivity index (χ1v) is 12.1. The van der Waals surface area contributed by atoms with E-state index in [-0.39, 0.29) is 46.3 Å². The molecule has 9 nitrogen and oxygen atoms in total. The highest BCUT2D eigenvalue weighted by atomic mass is 35.5. The highest BCUT2D eigenvalue weighted by Gasteiger charge is 2.62. The molecule has 1 saturated heterocycles. The van der Waals surface area contributed by atoms with E-state index in [2.05, 4.69) is 26.9 Å². The van der Waals surface area contributed by atoms with E-state index in [4.69, 9.17) is 27.2 Å². The van der Waals surface area contributed by atoms with Crippen molar-refractivity contribution in [1.82, 2.24) is 9.55 Å². The van der Waals surface area contributed by atoms with Crippen LogP contribution in [0.25, 0.3) is 0 Å². The lowest BCUT2D eigenvalue weighted by Gasteiger charge is -2.35. The molecule has 1 saturated carbocycles. The number of aliphatic hydroxyl groups is 1. The zero-order valence-electron chi connectivity index (χ0n) is 18.4. The molecule has 192 valence electrons. The van der Waals surface area contributed by atoms with Crippen LogP contribution in [0, 0.1) is 17.8 Å². The topological polar surface area (TPSA) is 129 Å². The van der Waals surface area contributed by atoms with Crippen molar-refractivity contribution in [2.75, 3.05) is 23.4 Å². The molecule has 3 aliphatic rings. The van der Waals surface area contributed by atoms with Gasteiger partial charge in [-0.15, -0.1) is 11.8 Å². The summed E-state index contributed by atoms with van der Waals surface area (Å²) in [7, 11) is 0. The minimum absolute atomic E-state index is 0.00179. The molecule has 0 unspecified atom stereocenters. The number of ether oxygens (including phenoxy) is 2. The number of alkyl halides is 3. The normalized spacial score (nSPS) is 24.9. The highest BCUT2D eigenvalue weighted by molar-refractivity contribution is 8.00. The fraction of sp³-hybridized carbons (Fsp3) is 0.409. The van der Waals surface area contributed by atoms with Crippen molar-refractivity contribution < 1.29 is 32.5 Å². The maximum atomic E-state index is 13.6. The van der Waals surface area contributed by atoms with Crippen LogP contribution in [0.5, 0.6) is 0 Å². The lowest BCUT2D eigenvalue weighted by molar-refractivity contribution is -0.239. The number of carbonyl (C=O) groups excluding carboxylic acids is 1. The second-order valence-electron chi connectivity index (χ2n) is 8.01. The summed E-state index contributed by atoms with van der Waals surface area (Å²) in [5.41, 5.74) is 1.40. The van der Waals surface area contributed by atoms with Gasteiger partial charge in [0.25, 0.3) is 5.60 Å². The Bertz CT molecular complexity index is 1280. The summed E-state index contributed by atoms with van der Waals surface area (Å²) in [5, 5.41) is 11.2. The van der Waals surface area contributed by atoms with Crippen LogP contribution < -0.4 is 16.7 Å². The number of amides is 1. The van der Waals surface area contributed by atoms with E-state index in [1.807, 2.05) is 0 Å². The van der Waals surface area contributed by atoms with Crippen molar-refractivity contribution in [3.8, 4) is 11.8 Å². The number of cyclic esters (lactones) is 1. The summed E-state index contributed by atoms with van der Waals surface area (Å²) < 4.78 is 52.2. The third-order valence-electron chi connectivity index (χ3n) is 5.32. The lowest BCUT2D eigenvalue weighted by Crippen LogP contribution is -2.49. The van der Waals surface area contributed by atoms with Gasteiger partial charge in [0.2, 0.25) is 0 Å². The summed E-state index contributed by atoms with van der Waals surface area (Å²) in [6.45, 7) is -0.0572. The molecule has 2 aliphatic heterocycles. The average molecular weight is 545 g/mol. The number of nitrogen functional groups attached to an aromatic ring is 1. The molecule has 2 fully saturated rings. The van der Waals surface area contributed by atoms with Crippen LogP contribution in [-0.4, -0.2) is 44.7 Å². The highest BCUT2D eigenvalue weighted by Crippen LogP contribution is 2.48. The van der Waals surface area contributed by atoms with Gasteiger partial charge in [-0.05, 0) is 43.0 Å². The molecule has 1 aliphatic carbocycles. The number of anilines is 2. The predicted octanol–water partition coefficient (Wildman–Crippen LogP) is 3.48. The summed E-state index contributed by atoms with van der Waals surface area (Å²) in [4.78, 5) is 26.5. The van der Waals surface area contributed by atoms with Crippen molar-refractivity contribution in [1.29, 1.82) is 0 Å². The molecule has 0 radical (unpaired) electrons. The smallest absolute Gasteiger partial charge is 0.415 e. The first-order valence-electron chi connectivity index (χ1n) is 10.6. The van der Waals surface area contributed by atoms with E-state index < -0.39 is 23.6 Å². The molecule has 1 amide bonds. The Labute approximate surface area is 212 Å². The van der Waals surface area contributed by atoms with Gasteiger partial charge in [-0.3, -0.25) is 9.88 Å². The quantitative estimate of drug-likeness (QED) is 0.490. The number of halogens is 4. The Morgan fingerprint density at radius 1 is 1.33 bits per heavy atom. The molecule has 3 atom stereocenters. The molecule has 0 spiro atoms. The van der Waals surface area contributed by atoms with Gasteiger partial charge in [0.05, 0.1) is 12.3 Å². The maximum Gasteiger partial charge on any atom is 0.445 e. The van der Waals surface area contributed by atoms with Gasteiger partial charge in [-0.2, -0.15) is 18.2 Å². The number of hydrogen-bond donors (Lipinski definition) is 3. The third-order valence-corrected chi connectivity index (χ3v) is 6.66. The molecular weight excluding hydrogens is 525 g/mol. The van der Waals surface area contributed by atoms with Gasteiger partial charge in [-0.25, -0.2) is 9.59 Å². The van der Waals surface area contributed by atoms with Crippen molar-refractivity contribution in [2.45, 2.75) is 36.3 Å². The minimum Gasteiger partial charge on any atom is -0.415 e. The molecule has 5 rings (SSSR count). The predicted molar refractivity (Wildman–Crippen MR) is 126 cm³/mol. The van der Waals surface area contributed by atoms with Gasteiger partial charge in [0.15, 0.2) is 0 Å². The van der Waals surface area contributed by atoms with Gasteiger partial charge >= 0.3 is 18.0 Å². The average Bonchev–Trinajstić information content (AvgIpc) is 3.52. The second-order valence-corrected chi connectivity index (χ2v) is 9.63. The number of benzene rings is 1. The molecule has 14 heteroatoms. The Hall–Kier alpha value is -2.92. The summed E-state index contributed by atoms with van der Waals surface area (Å²) in [6, 6.07) is 5.35. The molecule has 2 aromatic rings. The lowest BCUT2D eigenvalue weighted by atomic mass is 9.90. The first-order chi connectivity index (χ1) is 17.0. The molecule has 1 aromatic heterocycles. The van der Waals surface area contributed by atoms with E-state index in [0.717, 1.165) is 18.9 Å². The van der Waals surface area contributed by atoms with Crippen LogP contribution in [0.15, 0.2) is 35.3 Å². The van der Waals surface area contributed by atoms with Crippen molar-refractivity contribution in [3.63, 3.8) is 0 Å². The van der Waals surface area contributed by atoms with Crippen LogP contribution in [0.4, 0.5) is 29.5 Å². The Balaban J connectivity index is 0.000000179. The zero-order chi connectivity index (χ0) is 26.1. The maximum absolute atomic E-state index is 13.6. The van der Waals surface area contributed by atoms with E-state index in [1.165, 1.54) is 28.5 Å². The van der Waals surface area contributed by atoms with E-state index in [0.29, 0.717) is 5.75 Å². The second kappa shape index (κ2) is 10.2. The van der Waals surface area contributed by atoms with Crippen molar-refractivity contribution in [2.24, 2.45) is 5.92 Å². The summed E-state index contributed by atoms with van der Waals surface area (Å²) in [5.74, 6) is 5.42. The summed E-state index contributed by atoms with van der Waals surface area (Å²) in [6.07, 6.45) is -3.35. The van der Waals surface area contributed by atoms with Crippen LogP contribution >= 0.6 is 23.4 Å². The Morgan fingerprint density at radius 2 is 2.08 bits per heavy atom. The van der Waals surface area contributed by atoms with Crippen molar-refractivity contribution in [3.05, 3.63) is 51.5 Å². The molecule has 1 aromatic carbocycles. The number of nitrogens with one attached hydrogen (secondary N) is 1. The molecule has 36 heavy (non-hydrogen) atoms. The number of thioether (sulfide) groups is 1. The number of hydrogen-bond acceptors (Lipinski definition) is 8. The number of aromatic nitrogens is 2. The fourth-order valence-electron chi connectivity index (χ4n) is 3.38. The fourth-order valence-corrected chi connectivity index (χ4v) is 4.48. The van der Waals surface area contributed by atoms with E-state index in [9.17, 15) is 22.8 Å². The van der Waals surface area contributed by atoms with Gasteiger partial charge in [-0.1, -0.05) is 17.5 Å². The molecular formula is C22H20ClF3N4O5S. The van der Waals surface area contributed by atoms with Crippen molar-refractivity contribution >= 4 is 41.0 Å². The SMILES string of the molecule is Nc1ccn([C@@H]2CS[C@H](CO)O2)c(=O)n1.O=C1Nc2ccc(Cl)cc2[C@@](C#CC2CC2)(C(F)(F)F)O1. The van der Waals surface area contributed by atoms with E-state index in [1.54, 1.807) is 12.3 Å². The van der Waals surface area contributed by atoms with Crippen LogP contribution in [0.2, 0.25) is 5.02 Å². The van der Waals surface area contributed by atoms with Gasteiger partial charge < -0.3 is 20.3 Å². The monoisotopic (exact) mass is 544 g/mol. The number of nitrogens with two attached hydrogens (primary N) is 1. The van der Waals surface area contributed by atoms with E-state index >= 15 is 0 Å². The third kappa shape index (κ3) is 5.57. The molecule has 0 bridgehead atoms. The first kappa shape index (κ1) is 26.2. The van der Waals surface area contributed by atoms with Crippen LogP contribution in [0.1, 0.15) is 24.6 Å². The largest absolute Gasteiger partial charge is 0.445 e. The Morgan fingerprint density at radius 3 is 2.69 bits per heavy atom. The summed E-state index contributed by atoms with van der Waals surface area (Å²) >= 11 is 7.25. The number of carbonyl (C=O) groups is 1. The molecule has 3 heterocycles. The van der Waals surface area contributed by atoms with Gasteiger partial charge in [0, 0.05) is 28.5 Å². The standard InChI is InChI=1S/C14H9ClF3NO2.C8H11N3O3S/c15-9-3-4-11-10(7-9)13(14(16,17)18,21-12(20)19-11)6-5-8-1-2-8;9-5-1-2-11(8(13)10-5)6-4-15-7(3-12)14-6/h3-4,7-8H,1-2H2,(H,19,20);1-2,6-7,12H,3-4H2,(H2,9,10,13)/t13-;6-,7+/m00/s1.